The van der Waals surface area contributed by atoms with Crippen molar-refractivity contribution in [1.29, 1.82) is 0 Å². The van der Waals surface area contributed by atoms with Gasteiger partial charge in [-0.2, -0.15) is 13.2 Å². The second-order valence-corrected chi connectivity index (χ2v) is 10.6. The van der Waals surface area contributed by atoms with Gasteiger partial charge in [0.1, 0.15) is 6.33 Å². The number of alkyl halides is 3. The van der Waals surface area contributed by atoms with E-state index in [0.29, 0.717) is 42.0 Å². The normalized spacial score (nSPS) is 16.2. The molecular weight excluding hydrogens is 519 g/mol. The molecule has 2 heterocycles. The van der Waals surface area contributed by atoms with E-state index < -0.39 is 23.2 Å². The lowest BCUT2D eigenvalue weighted by atomic mass is 9.80. The fourth-order valence-corrected chi connectivity index (χ4v) is 5.59. The Morgan fingerprint density at radius 1 is 1.05 bits per heavy atom. The van der Waals surface area contributed by atoms with Crippen molar-refractivity contribution < 1.29 is 23.1 Å². The summed E-state index contributed by atoms with van der Waals surface area (Å²) >= 11 is 0. The van der Waals surface area contributed by atoms with E-state index in [0.717, 1.165) is 23.6 Å². The fourth-order valence-electron chi connectivity index (χ4n) is 5.59. The Kier molecular flexibility index (Phi) is 6.47. The number of hydrogen-bond donors (Lipinski definition) is 2. The molecule has 1 amide bonds. The number of fused-ring (bicyclic) bond motifs is 1. The van der Waals surface area contributed by atoms with Gasteiger partial charge in [-0.3, -0.25) is 4.79 Å². The first-order valence-electron chi connectivity index (χ1n) is 13.2. The van der Waals surface area contributed by atoms with Crippen LogP contribution in [0.25, 0.3) is 22.5 Å². The molecular formula is C30H28F3N5O2. The number of aliphatic hydroxyl groups is 1. The summed E-state index contributed by atoms with van der Waals surface area (Å²) in [6.07, 6.45) is -0.826. The number of carbonyl (C=O) groups excluding carboxylic acids is 1. The number of hydrogen-bond acceptors (Lipinski definition) is 5. The second kappa shape index (κ2) is 9.87. The van der Waals surface area contributed by atoms with Crippen LogP contribution in [-0.2, 0) is 26.3 Å². The van der Waals surface area contributed by atoms with Crippen molar-refractivity contribution in [3.63, 3.8) is 0 Å². The van der Waals surface area contributed by atoms with Crippen LogP contribution >= 0.6 is 0 Å². The molecule has 1 saturated carbocycles. The first-order chi connectivity index (χ1) is 19.1. The summed E-state index contributed by atoms with van der Waals surface area (Å²) in [4.78, 5) is 15.2. The first-order valence-corrected chi connectivity index (χ1v) is 13.2. The summed E-state index contributed by atoms with van der Waals surface area (Å²) in [7, 11) is 1.78. The van der Waals surface area contributed by atoms with E-state index in [1.54, 1.807) is 30.1 Å². The lowest BCUT2D eigenvalue weighted by Gasteiger charge is -2.36. The van der Waals surface area contributed by atoms with Crippen LogP contribution in [-0.4, -0.2) is 37.9 Å². The fraction of sp³-hybridized carbons (Fsp3) is 0.300. The van der Waals surface area contributed by atoms with E-state index in [1.165, 1.54) is 11.0 Å². The van der Waals surface area contributed by atoms with Gasteiger partial charge in [0, 0.05) is 25.7 Å². The van der Waals surface area contributed by atoms with Gasteiger partial charge in [-0.05, 0) is 59.7 Å². The maximum atomic E-state index is 14.3. The summed E-state index contributed by atoms with van der Waals surface area (Å²) in [5.74, 6) is -0.0123. The van der Waals surface area contributed by atoms with Crippen molar-refractivity contribution in [2.75, 3.05) is 11.4 Å². The van der Waals surface area contributed by atoms with Gasteiger partial charge in [0.05, 0.1) is 29.0 Å². The summed E-state index contributed by atoms with van der Waals surface area (Å²) < 4.78 is 44.6. The molecule has 2 N–H and O–H groups in total. The zero-order chi connectivity index (χ0) is 28.1. The van der Waals surface area contributed by atoms with Crippen LogP contribution in [0.2, 0.25) is 0 Å². The van der Waals surface area contributed by atoms with Crippen LogP contribution in [0.3, 0.4) is 0 Å². The van der Waals surface area contributed by atoms with Crippen LogP contribution in [0.1, 0.15) is 46.3 Å². The number of aromatic nitrogens is 3. The molecule has 10 heteroatoms. The van der Waals surface area contributed by atoms with Gasteiger partial charge in [-0.15, -0.1) is 10.2 Å². The van der Waals surface area contributed by atoms with Gasteiger partial charge in [0.25, 0.3) is 5.91 Å². The Hall–Kier alpha value is -4.02. The summed E-state index contributed by atoms with van der Waals surface area (Å²) in [6.45, 7) is 0.179. The van der Waals surface area contributed by atoms with Crippen molar-refractivity contribution >= 4 is 11.6 Å². The summed E-state index contributed by atoms with van der Waals surface area (Å²) in [5.41, 5.74) is 1.43. The number of nitrogens with one attached hydrogen (secondary N) is 1. The van der Waals surface area contributed by atoms with Crippen molar-refractivity contribution in [1.82, 2.24) is 20.1 Å². The summed E-state index contributed by atoms with van der Waals surface area (Å²) in [5, 5.41) is 21.7. The molecule has 0 saturated heterocycles. The van der Waals surface area contributed by atoms with Crippen LogP contribution in [0.15, 0.2) is 67.0 Å². The van der Waals surface area contributed by atoms with E-state index in [-0.39, 0.29) is 24.2 Å². The molecule has 1 aliphatic heterocycles. The Morgan fingerprint density at radius 3 is 2.48 bits per heavy atom. The zero-order valence-corrected chi connectivity index (χ0v) is 21.9. The predicted molar refractivity (Wildman–Crippen MR) is 144 cm³/mol. The number of aryl methyl sites for hydroxylation is 1. The molecule has 1 aliphatic carbocycles. The standard InChI is InChI=1S/C30H28F3N5O2/c1-37-18-35-36-27(37)26-21(20-7-3-2-4-8-20)9-5-10-25(26)38-16-23-22(28(38)39)13-19(14-24(23)30(31,32)33)15-34-17-29(40)11-6-12-29/h2-5,7-10,13-14,18,34,40H,6,11-12,15-17H2,1H3. The molecule has 2 aliphatic rings. The molecule has 0 atom stereocenters. The van der Waals surface area contributed by atoms with Crippen molar-refractivity contribution in [3.05, 3.63) is 89.2 Å². The maximum absolute atomic E-state index is 14.3. The van der Waals surface area contributed by atoms with Crippen LogP contribution in [0.5, 0.6) is 0 Å². The van der Waals surface area contributed by atoms with Gasteiger partial charge in [-0.25, -0.2) is 0 Å². The van der Waals surface area contributed by atoms with Crippen molar-refractivity contribution in [3.8, 4) is 22.5 Å². The highest BCUT2D eigenvalue weighted by atomic mass is 19.4. The van der Waals surface area contributed by atoms with Crippen molar-refractivity contribution in [2.24, 2.45) is 7.05 Å². The van der Waals surface area contributed by atoms with Gasteiger partial charge in [-0.1, -0.05) is 42.5 Å². The minimum Gasteiger partial charge on any atom is -0.389 e. The number of benzene rings is 3. The highest BCUT2D eigenvalue weighted by Crippen LogP contribution is 2.44. The zero-order valence-electron chi connectivity index (χ0n) is 21.9. The SMILES string of the molecule is Cn1cnnc1-c1c(-c2ccccc2)cccc1N1Cc2c(cc(CNCC3(O)CCC3)cc2C(F)(F)F)C1=O. The van der Waals surface area contributed by atoms with Crippen molar-refractivity contribution in [2.45, 2.75) is 44.1 Å². The van der Waals surface area contributed by atoms with Gasteiger partial charge < -0.3 is 19.9 Å². The van der Waals surface area contributed by atoms with E-state index in [1.807, 2.05) is 36.4 Å². The number of halogens is 3. The van der Waals surface area contributed by atoms with E-state index in [4.69, 9.17) is 0 Å². The van der Waals surface area contributed by atoms with Crippen LogP contribution in [0, 0.1) is 0 Å². The molecule has 0 unspecified atom stereocenters. The third-order valence-electron chi connectivity index (χ3n) is 7.83. The minimum atomic E-state index is -4.64. The predicted octanol–water partition coefficient (Wildman–Crippen LogP) is 5.33. The lowest BCUT2D eigenvalue weighted by molar-refractivity contribution is -0.138. The largest absolute Gasteiger partial charge is 0.416 e. The van der Waals surface area contributed by atoms with E-state index >= 15 is 0 Å². The average Bonchev–Trinajstić information content (AvgIpc) is 3.49. The molecule has 7 nitrogen and oxygen atoms in total. The Morgan fingerprint density at radius 2 is 1.82 bits per heavy atom. The Bertz CT molecular complexity index is 1580. The van der Waals surface area contributed by atoms with Gasteiger partial charge in [0.2, 0.25) is 0 Å². The first kappa shape index (κ1) is 26.2. The maximum Gasteiger partial charge on any atom is 0.416 e. The molecule has 40 heavy (non-hydrogen) atoms. The number of rotatable bonds is 7. The summed E-state index contributed by atoms with van der Waals surface area (Å²) in [6, 6.07) is 17.6. The van der Waals surface area contributed by atoms with Crippen LogP contribution in [0.4, 0.5) is 18.9 Å². The lowest BCUT2D eigenvalue weighted by Crippen LogP contribution is -2.46. The smallest absolute Gasteiger partial charge is 0.389 e. The van der Waals surface area contributed by atoms with Gasteiger partial charge in [0.15, 0.2) is 5.82 Å². The third kappa shape index (κ3) is 4.67. The number of nitrogens with zero attached hydrogens (tertiary/aromatic N) is 4. The highest BCUT2D eigenvalue weighted by Gasteiger charge is 2.41. The van der Waals surface area contributed by atoms with Gasteiger partial charge >= 0.3 is 6.18 Å². The molecule has 0 spiro atoms. The van der Waals surface area contributed by atoms with E-state index in [9.17, 15) is 23.1 Å². The third-order valence-corrected chi connectivity index (χ3v) is 7.83. The number of carbonyl (C=O) groups is 1. The Balaban J connectivity index is 1.42. The highest BCUT2D eigenvalue weighted by molar-refractivity contribution is 6.13. The molecule has 4 aromatic rings. The quantitative estimate of drug-likeness (QED) is 0.327. The number of amides is 1. The average molecular weight is 548 g/mol. The molecule has 206 valence electrons. The molecule has 3 aromatic carbocycles. The topological polar surface area (TPSA) is 83.3 Å². The molecule has 1 fully saturated rings. The minimum absolute atomic E-state index is 0.0306. The molecule has 0 radical (unpaired) electrons. The Labute approximate surface area is 229 Å². The van der Waals surface area contributed by atoms with Crippen LogP contribution < -0.4 is 10.2 Å². The number of anilines is 1. The molecule has 6 rings (SSSR count). The molecule has 0 bridgehead atoms. The second-order valence-electron chi connectivity index (χ2n) is 10.6. The van der Waals surface area contributed by atoms with E-state index in [2.05, 4.69) is 15.5 Å². The molecule has 1 aromatic heterocycles. The monoisotopic (exact) mass is 547 g/mol.